The fraction of sp³-hybridized carbons (Fsp3) is 0.185. The Hall–Kier alpha value is -3.66. The minimum absolute atomic E-state index is 0.274. The van der Waals surface area contributed by atoms with Crippen LogP contribution in [0, 0.1) is 13.8 Å². The van der Waals surface area contributed by atoms with Crippen LogP contribution in [0.2, 0.25) is 0 Å². The zero-order valence-corrected chi connectivity index (χ0v) is 18.1. The molecule has 1 heterocycles. The summed E-state index contributed by atoms with van der Waals surface area (Å²) in [5, 5.41) is 0. The second-order valence-electron chi connectivity index (χ2n) is 7.87. The molecule has 31 heavy (non-hydrogen) atoms. The second-order valence-corrected chi connectivity index (χ2v) is 7.87. The van der Waals surface area contributed by atoms with Gasteiger partial charge in [0.05, 0.1) is 11.3 Å². The number of imide groups is 1. The molecular formula is C27H26N2O2. The van der Waals surface area contributed by atoms with Gasteiger partial charge in [-0.25, -0.2) is 4.90 Å². The van der Waals surface area contributed by atoms with Crippen LogP contribution >= 0.6 is 0 Å². The third-order valence-corrected chi connectivity index (χ3v) is 5.57. The van der Waals surface area contributed by atoms with E-state index in [1.165, 1.54) is 4.90 Å². The standard InChI is InChI=1S/C27H26N2O2/c1-4-28(18-21-10-6-5-7-11-21)25-24(22-15-13-19(2)14-16-22)26(30)29(27(25)31)23-12-8-9-20(3)17-23/h5-17H,4,18H2,1-3H3. The third-order valence-electron chi connectivity index (χ3n) is 5.57. The number of hydrogen-bond acceptors (Lipinski definition) is 3. The third kappa shape index (κ3) is 4.02. The van der Waals surface area contributed by atoms with Crippen LogP contribution in [-0.2, 0) is 16.1 Å². The molecule has 0 saturated heterocycles. The maximum absolute atomic E-state index is 13.7. The van der Waals surface area contributed by atoms with E-state index in [2.05, 4.69) is 0 Å². The quantitative estimate of drug-likeness (QED) is 0.530. The van der Waals surface area contributed by atoms with Crippen molar-refractivity contribution in [1.29, 1.82) is 0 Å². The summed E-state index contributed by atoms with van der Waals surface area (Å²) in [6.07, 6.45) is 0. The number of nitrogens with zero attached hydrogens (tertiary/aromatic N) is 2. The van der Waals surface area contributed by atoms with Gasteiger partial charge in [0.1, 0.15) is 5.70 Å². The molecule has 0 aliphatic carbocycles. The van der Waals surface area contributed by atoms with Crippen LogP contribution in [0.4, 0.5) is 5.69 Å². The highest BCUT2D eigenvalue weighted by Gasteiger charge is 2.42. The summed E-state index contributed by atoms with van der Waals surface area (Å²) in [6, 6.07) is 25.3. The second kappa shape index (κ2) is 8.60. The van der Waals surface area contributed by atoms with Gasteiger partial charge in [-0.15, -0.1) is 0 Å². The minimum Gasteiger partial charge on any atom is -0.362 e. The maximum Gasteiger partial charge on any atom is 0.282 e. The lowest BCUT2D eigenvalue weighted by Crippen LogP contribution is -2.35. The Bertz CT molecular complexity index is 1150. The predicted octanol–water partition coefficient (Wildman–Crippen LogP) is 5.11. The van der Waals surface area contributed by atoms with Crippen molar-refractivity contribution in [3.63, 3.8) is 0 Å². The maximum atomic E-state index is 13.7. The molecule has 1 aliphatic heterocycles. The van der Waals surface area contributed by atoms with Crippen LogP contribution in [0.5, 0.6) is 0 Å². The van der Waals surface area contributed by atoms with Gasteiger partial charge in [0.2, 0.25) is 0 Å². The number of carbonyl (C=O) groups is 2. The lowest BCUT2D eigenvalue weighted by atomic mass is 10.0. The summed E-state index contributed by atoms with van der Waals surface area (Å²) in [5.41, 5.74) is 5.49. The Kier molecular flexibility index (Phi) is 5.72. The molecule has 156 valence electrons. The molecule has 4 rings (SSSR count). The first-order chi connectivity index (χ1) is 15.0. The number of rotatable bonds is 6. The number of benzene rings is 3. The fourth-order valence-corrected chi connectivity index (χ4v) is 3.95. The van der Waals surface area contributed by atoms with E-state index in [-0.39, 0.29) is 11.8 Å². The smallest absolute Gasteiger partial charge is 0.282 e. The normalized spacial score (nSPS) is 13.8. The monoisotopic (exact) mass is 410 g/mol. The lowest BCUT2D eigenvalue weighted by Gasteiger charge is -2.25. The van der Waals surface area contributed by atoms with Crippen LogP contribution in [0.1, 0.15) is 29.2 Å². The van der Waals surface area contributed by atoms with E-state index in [0.29, 0.717) is 30.0 Å². The van der Waals surface area contributed by atoms with Crippen molar-refractivity contribution in [3.05, 3.63) is 107 Å². The predicted molar refractivity (Wildman–Crippen MR) is 124 cm³/mol. The summed E-state index contributed by atoms with van der Waals surface area (Å²) in [4.78, 5) is 30.6. The molecule has 0 bridgehead atoms. The topological polar surface area (TPSA) is 40.6 Å². The van der Waals surface area contributed by atoms with Gasteiger partial charge in [-0.05, 0) is 49.6 Å². The van der Waals surface area contributed by atoms with Gasteiger partial charge in [0.15, 0.2) is 0 Å². The van der Waals surface area contributed by atoms with Crippen molar-refractivity contribution >= 4 is 23.1 Å². The number of likely N-dealkylation sites (N-methyl/N-ethyl adjacent to an activating group) is 1. The largest absolute Gasteiger partial charge is 0.362 e. The molecule has 3 aromatic rings. The Labute approximate surface area is 183 Å². The molecule has 0 radical (unpaired) electrons. The van der Waals surface area contributed by atoms with Gasteiger partial charge in [0.25, 0.3) is 11.8 Å². The molecule has 0 unspecified atom stereocenters. The van der Waals surface area contributed by atoms with Crippen LogP contribution in [0.15, 0.2) is 84.6 Å². The van der Waals surface area contributed by atoms with Gasteiger partial charge in [-0.1, -0.05) is 72.3 Å². The Morgan fingerprint density at radius 3 is 2.13 bits per heavy atom. The van der Waals surface area contributed by atoms with Crippen molar-refractivity contribution in [3.8, 4) is 0 Å². The van der Waals surface area contributed by atoms with Crippen molar-refractivity contribution < 1.29 is 9.59 Å². The minimum atomic E-state index is -0.277. The van der Waals surface area contributed by atoms with E-state index in [1.807, 2.05) is 105 Å². The first-order valence-corrected chi connectivity index (χ1v) is 10.5. The zero-order chi connectivity index (χ0) is 22.0. The molecule has 0 fully saturated rings. The van der Waals surface area contributed by atoms with Gasteiger partial charge in [-0.2, -0.15) is 0 Å². The average Bonchev–Trinajstić information content (AvgIpc) is 3.03. The van der Waals surface area contributed by atoms with Gasteiger partial charge in [-0.3, -0.25) is 9.59 Å². The summed E-state index contributed by atoms with van der Waals surface area (Å²) in [6.45, 7) is 7.14. The van der Waals surface area contributed by atoms with Crippen molar-refractivity contribution in [2.24, 2.45) is 0 Å². The molecule has 0 aromatic heterocycles. The Morgan fingerprint density at radius 2 is 1.48 bits per heavy atom. The van der Waals surface area contributed by atoms with Crippen molar-refractivity contribution in [2.45, 2.75) is 27.3 Å². The number of carbonyl (C=O) groups excluding carboxylic acids is 2. The molecular weight excluding hydrogens is 384 g/mol. The zero-order valence-electron chi connectivity index (χ0n) is 18.1. The van der Waals surface area contributed by atoms with E-state index >= 15 is 0 Å². The average molecular weight is 411 g/mol. The number of amides is 2. The van der Waals surface area contributed by atoms with Crippen LogP contribution in [0.3, 0.4) is 0 Å². The highest BCUT2D eigenvalue weighted by Crippen LogP contribution is 2.35. The van der Waals surface area contributed by atoms with Gasteiger partial charge in [0, 0.05) is 13.1 Å². The summed E-state index contributed by atoms with van der Waals surface area (Å²) >= 11 is 0. The summed E-state index contributed by atoms with van der Waals surface area (Å²) < 4.78 is 0. The number of hydrogen-bond donors (Lipinski definition) is 0. The molecule has 0 atom stereocenters. The Balaban J connectivity index is 1.83. The molecule has 0 saturated carbocycles. The van der Waals surface area contributed by atoms with E-state index in [1.54, 1.807) is 0 Å². The molecule has 3 aromatic carbocycles. The van der Waals surface area contributed by atoms with Crippen LogP contribution in [0.25, 0.3) is 5.57 Å². The van der Waals surface area contributed by atoms with E-state index in [0.717, 1.165) is 22.3 Å². The van der Waals surface area contributed by atoms with Gasteiger partial charge >= 0.3 is 0 Å². The summed E-state index contributed by atoms with van der Waals surface area (Å²) in [7, 11) is 0. The van der Waals surface area contributed by atoms with E-state index in [4.69, 9.17) is 0 Å². The first-order valence-electron chi connectivity index (χ1n) is 10.5. The first kappa shape index (κ1) is 20.6. The number of anilines is 1. The summed E-state index contributed by atoms with van der Waals surface area (Å²) in [5.74, 6) is -0.551. The molecule has 0 spiro atoms. The SMILES string of the molecule is CCN(Cc1ccccc1)C1=C(c2ccc(C)cc2)C(=O)N(c2cccc(C)c2)C1=O. The molecule has 1 aliphatic rings. The fourth-order valence-electron chi connectivity index (χ4n) is 3.95. The van der Waals surface area contributed by atoms with Crippen LogP contribution in [-0.4, -0.2) is 23.3 Å². The number of aryl methyl sites for hydroxylation is 2. The van der Waals surface area contributed by atoms with Gasteiger partial charge < -0.3 is 4.90 Å². The molecule has 4 heteroatoms. The van der Waals surface area contributed by atoms with E-state index < -0.39 is 0 Å². The van der Waals surface area contributed by atoms with Crippen molar-refractivity contribution in [1.82, 2.24) is 4.90 Å². The highest BCUT2D eigenvalue weighted by atomic mass is 16.2. The van der Waals surface area contributed by atoms with Crippen LogP contribution < -0.4 is 4.90 Å². The van der Waals surface area contributed by atoms with Crippen molar-refractivity contribution in [2.75, 3.05) is 11.4 Å². The highest BCUT2D eigenvalue weighted by molar-refractivity contribution is 6.45. The molecule has 0 N–H and O–H groups in total. The van der Waals surface area contributed by atoms with E-state index in [9.17, 15) is 9.59 Å². The lowest BCUT2D eigenvalue weighted by molar-refractivity contribution is -0.120. The molecule has 4 nitrogen and oxygen atoms in total. The Morgan fingerprint density at radius 1 is 0.774 bits per heavy atom. The molecule has 2 amide bonds.